The van der Waals surface area contributed by atoms with E-state index < -0.39 is 5.63 Å². The van der Waals surface area contributed by atoms with Gasteiger partial charge in [-0.05, 0) is 57.6 Å². The Kier molecular flexibility index (Phi) is 5.47. The van der Waals surface area contributed by atoms with Gasteiger partial charge in [0.1, 0.15) is 22.2 Å². The number of halogens is 1. The molecule has 5 rings (SSSR count). The molecule has 0 amide bonds. The van der Waals surface area contributed by atoms with Crippen molar-refractivity contribution in [2.45, 2.75) is 0 Å². The third-order valence-corrected chi connectivity index (χ3v) is 6.84. The van der Waals surface area contributed by atoms with E-state index in [0.29, 0.717) is 27.4 Å². The molecule has 7 heteroatoms. The molecule has 3 aromatic carbocycles. The first kappa shape index (κ1) is 20.4. The van der Waals surface area contributed by atoms with Gasteiger partial charge < -0.3 is 9.73 Å². The Bertz CT molecular complexity index is 1610. The fraction of sp³-hybridized carbons (Fsp3) is 0. The van der Waals surface area contributed by atoms with Gasteiger partial charge >= 0.3 is 5.63 Å². The summed E-state index contributed by atoms with van der Waals surface area (Å²) in [5, 5.41) is 18.0. The van der Waals surface area contributed by atoms with Crippen LogP contribution in [0, 0.1) is 14.9 Å². The van der Waals surface area contributed by atoms with Crippen LogP contribution in [-0.4, -0.2) is 4.98 Å². The van der Waals surface area contributed by atoms with Gasteiger partial charge in [-0.25, -0.2) is 9.78 Å². The number of para-hydroxylation sites is 1. The topological polar surface area (TPSA) is 78.9 Å². The number of allylic oxidation sites excluding steroid dienone is 1. The Hall–Kier alpha value is -3.48. The molecule has 1 N–H and O–H groups in total. The summed E-state index contributed by atoms with van der Waals surface area (Å²) in [6, 6.07) is 23.5. The zero-order chi connectivity index (χ0) is 22.1. The maximum atomic E-state index is 12.7. The molecule has 0 radical (unpaired) electrons. The molecule has 0 bridgehead atoms. The number of benzene rings is 3. The standard InChI is InChI=1S/C25H14IN3O2S/c26-20-7-3-4-8-21(20)28-13-16(12-27)24-29-22(14-32-24)19-11-18-17-6-2-1-5-15(17)9-10-23(18)31-25(19)30/h1-11,13-14,28H/b16-13-. The van der Waals surface area contributed by atoms with Gasteiger partial charge in [0.25, 0.3) is 0 Å². The zero-order valence-electron chi connectivity index (χ0n) is 16.5. The summed E-state index contributed by atoms with van der Waals surface area (Å²) < 4.78 is 6.63. The summed E-state index contributed by atoms with van der Waals surface area (Å²) in [6.07, 6.45) is 1.64. The molecule has 0 unspecified atom stereocenters. The molecule has 0 atom stereocenters. The van der Waals surface area contributed by atoms with Gasteiger partial charge in [-0.2, -0.15) is 5.26 Å². The van der Waals surface area contributed by atoms with Crippen molar-refractivity contribution in [1.82, 2.24) is 4.98 Å². The Morgan fingerprint density at radius 1 is 1.09 bits per heavy atom. The van der Waals surface area contributed by atoms with E-state index in [9.17, 15) is 10.1 Å². The van der Waals surface area contributed by atoms with Crippen LogP contribution < -0.4 is 10.9 Å². The molecule has 0 aliphatic carbocycles. The molecule has 2 aromatic heterocycles. The SMILES string of the molecule is N#C/C(=C/Nc1ccccc1I)c1nc(-c2cc3c(ccc4ccccc43)oc2=O)cs1. The van der Waals surface area contributed by atoms with Crippen LogP contribution in [0.5, 0.6) is 0 Å². The summed E-state index contributed by atoms with van der Waals surface area (Å²) in [6.45, 7) is 0. The number of thiazole rings is 1. The van der Waals surface area contributed by atoms with E-state index in [2.05, 4.69) is 39.0 Å². The second kappa shape index (κ2) is 8.57. The molecule has 0 saturated carbocycles. The fourth-order valence-electron chi connectivity index (χ4n) is 3.44. The summed E-state index contributed by atoms with van der Waals surface area (Å²) in [5.74, 6) is 0. The maximum absolute atomic E-state index is 12.7. The van der Waals surface area contributed by atoms with E-state index >= 15 is 0 Å². The van der Waals surface area contributed by atoms with E-state index in [-0.39, 0.29) is 0 Å². The van der Waals surface area contributed by atoms with E-state index in [1.165, 1.54) is 11.3 Å². The molecule has 0 fully saturated rings. The first-order valence-electron chi connectivity index (χ1n) is 9.67. The lowest BCUT2D eigenvalue weighted by Crippen LogP contribution is -2.03. The second-order valence-corrected chi connectivity index (χ2v) is 9.00. The van der Waals surface area contributed by atoms with Crippen LogP contribution in [0.3, 0.4) is 0 Å². The fourth-order valence-corrected chi connectivity index (χ4v) is 4.77. The van der Waals surface area contributed by atoms with Crippen LogP contribution in [-0.2, 0) is 0 Å². The number of aromatic nitrogens is 1. The van der Waals surface area contributed by atoms with Crippen LogP contribution in [0.4, 0.5) is 5.69 Å². The van der Waals surface area contributed by atoms with E-state index in [1.807, 2.05) is 66.7 Å². The number of hydrogen-bond acceptors (Lipinski definition) is 6. The largest absolute Gasteiger partial charge is 0.422 e. The normalized spacial score (nSPS) is 11.6. The smallest absolute Gasteiger partial charge is 0.345 e. The van der Waals surface area contributed by atoms with Crippen molar-refractivity contribution in [2.24, 2.45) is 0 Å². The van der Waals surface area contributed by atoms with Gasteiger partial charge in [0.15, 0.2) is 0 Å². The molecule has 5 aromatic rings. The van der Waals surface area contributed by atoms with Gasteiger partial charge in [0, 0.05) is 20.5 Å². The number of nitrogens with zero attached hydrogens (tertiary/aromatic N) is 2. The van der Waals surface area contributed by atoms with Crippen molar-refractivity contribution in [1.29, 1.82) is 5.26 Å². The lowest BCUT2D eigenvalue weighted by Gasteiger charge is -2.04. The molecular weight excluding hydrogens is 533 g/mol. The number of hydrogen-bond donors (Lipinski definition) is 1. The molecule has 0 aliphatic rings. The van der Waals surface area contributed by atoms with Crippen molar-refractivity contribution in [3.8, 4) is 17.3 Å². The van der Waals surface area contributed by atoms with Crippen LogP contribution in [0.15, 0.2) is 87.5 Å². The molecule has 0 saturated heterocycles. The molecule has 2 heterocycles. The number of rotatable bonds is 4. The van der Waals surface area contributed by atoms with Crippen molar-refractivity contribution in [2.75, 3.05) is 5.32 Å². The number of nitrogens with one attached hydrogen (secondary N) is 1. The highest BCUT2D eigenvalue weighted by atomic mass is 127. The van der Waals surface area contributed by atoms with Crippen LogP contribution in [0.25, 0.3) is 38.6 Å². The van der Waals surface area contributed by atoms with E-state index in [0.717, 1.165) is 25.4 Å². The minimum absolute atomic E-state index is 0.374. The van der Waals surface area contributed by atoms with E-state index in [4.69, 9.17) is 4.42 Å². The third-order valence-electron chi connectivity index (χ3n) is 5.02. The third kappa shape index (κ3) is 3.79. The predicted molar refractivity (Wildman–Crippen MR) is 137 cm³/mol. The van der Waals surface area contributed by atoms with Crippen LogP contribution in [0.1, 0.15) is 5.01 Å². The first-order chi connectivity index (χ1) is 15.6. The van der Waals surface area contributed by atoms with Crippen LogP contribution >= 0.6 is 33.9 Å². The average Bonchev–Trinajstić information content (AvgIpc) is 3.30. The highest BCUT2D eigenvalue weighted by Gasteiger charge is 2.15. The minimum Gasteiger partial charge on any atom is -0.422 e. The number of anilines is 1. The molecule has 0 aliphatic heterocycles. The van der Waals surface area contributed by atoms with Gasteiger partial charge in [-0.3, -0.25) is 0 Å². The highest BCUT2D eigenvalue weighted by Crippen LogP contribution is 2.30. The molecular formula is C25H14IN3O2S. The maximum Gasteiger partial charge on any atom is 0.345 e. The monoisotopic (exact) mass is 547 g/mol. The van der Waals surface area contributed by atoms with Crippen molar-refractivity contribution >= 4 is 66.9 Å². The quantitative estimate of drug-likeness (QED) is 0.118. The first-order valence-corrected chi connectivity index (χ1v) is 11.6. The zero-order valence-corrected chi connectivity index (χ0v) is 19.5. The van der Waals surface area contributed by atoms with Crippen molar-refractivity contribution in [3.05, 3.63) is 97.3 Å². The van der Waals surface area contributed by atoms with Gasteiger partial charge in [-0.1, -0.05) is 42.5 Å². The average molecular weight is 547 g/mol. The summed E-state index contributed by atoms with van der Waals surface area (Å²) in [7, 11) is 0. The summed E-state index contributed by atoms with van der Waals surface area (Å²) >= 11 is 3.54. The Morgan fingerprint density at radius 3 is 2.75 bits per heavy atom. The molecule has 0 spiro atoms. The van der Waals surface area contributed by atoms with Crippen molar-refractivity contribution in [3.63, 3.8) is 0 Å². The number of nitriles is 1. The van der Waals surface area contributed by atoms with Gasteiger partial charge in [0.05, 0.1) is 16.9 Å². The predicted octanol–water partition coefficient (Wildman–Crippen LogP) is 6.65. The van der Waals surface area contributed by atoms with Crippen molar-refractivity contribution < 1.29 is 4.42 Å². The Balaban J connectivity index is 1.55. The van der Waals surface area contributed by atoms with Gasteiger partial charge in [0.2, 0.25) is 0 Å². The Morgan fingerprint density at radius 2 is 1.91 bits per heavy atom. The summed E-state index contributed by atoms with van der Waals surface area (Å²) in [5.41, 5.74) is 2.23. The van der Waals surface area contributed by atoms with Crippen LogP contribution in [0.2, 0.25) is 0 Å². The van der Waals surface area contributed by atoms with E-state index in [1.54, 1.807) is 11.6 Å². The lowest BCUT2D eigenvalue weighted by atomic mass is 10.0. The second-order valence-electron chi connectivity index (χ2n) is 6.98. The Labute approximate surface area is 200 Å². The lowest BCUT2D eigenvalue weighted by molar-refractivity contribution is 0.563. The minimum atomic E-state index is -0.455. The highest BCUT2D eigenvalue weighted by molar-refractivity contribution is 14.1. The number of fused-ring (bicyclic) bond motifs is 3. The van der Waals surface area contributed by atoms with Gasteiger partial charge in [-0.15, -0.1) is 11.3 Å². The molecule has 154 valence electrons. The summed E-state index contributed by atoms with van der Waals surface area (Å²) in [4.78, 5) is 17.2. The molecule has 5 nitrogen and oxygen atoms in total. The molecule has 32 heavy (non-hydrogen) atoms.